The molecule has 0 unspecified atom stereocenters. The highest BCUT2D eigenvalue weighted by Crippen LogP contribution is 2.32. The maximum Gasteiger partial charge on any atom is 0.244 e. The molecule has 1 rings (SSSR count). The van der Waals surface area contributed by atoms with Gasteiger partial charge in [0.1, 0.15) is 6.29 Å². The zero-order chi connectivity index (χ0) is 21.8. The number of carbonyl (C=O) groups excluding carboxylic acids is 2. The molecule has 6 heteroatoms. The van der Waals surface area contributed by atoms with Crippen molar-refractivity contribution in [2.24, 2.45) is 5.92 Å². The predicted octanol–water partition coefficient (Wildman–Crippen LogP) is 6.03. The molecule has 0 aliphatic rings. The Morgan fingerprint density at radius 3 is 2.41 bits per heavy atom. The third kappa shape index (κ3) is 10.00. The number of nitrogens with one attached hydrogen (secondary N) is 1. The number of carbonyl (C=O) groups is 2. The van der Waals surface area contributed by atoms with Crippen molar-refractivity contribution in [1.82, 2.24) is 5.32 Å². The van der Waals surface area contributed by atoms with Crippen molar-refractivity contribution >= 4 is 35.4 Å². The van der Waals surface area contributed by atoms with Gasteiger partial charge in [-0.3, -0.25) is 4.79 Å². The van der Waals surface area contributed by atoms with Crippen LogP contribution in [-0.2, 0) is 16.0 Å². The van der Waals surface area contributed by atoms with Gasteiger partial charge in [0.25, 0.3) is 0 Å². The van der Waals surface area contributed by atoms with Crippen LogP contribution >= 0.6 is 23.2 Å². The first-order chi connectivity index (χ1) is 13.8. The Balaban J connectivity index is 2.57. The highest BCUT2D eigenvalue weighted by atomic mass is 35.5. The van der Waals surface area contributed by atoms with Crippen molar-refractivity contribution in [2.45, 2.75) is 65.3 Å². The third-order valence-corrected chi connectivity index (χ3v) is 5.16. The van der Waals surface area contributed by atoms with E-state index in [-0.39, 0.29) is 28.1 Å². The summed E-state index contributed by atoms with van der Waals surface area (Å²) in [6, 6.07) is 2.33. The molecule has 4 nitrogen and oxygen atoms in total. The van der Waals surface area contributed by atoms with E-state index in [1.807, 2.05) is 6.92 Å². The predicted molar refractivity (Wildman–Crippen MR) is 121 cm³/mol. The van der Waals surface area contributed by atoms with Crippen LogP contribution in [-0.4, -0.2) is 23.3 Å². The second kappa shape index (κ2) is 13.4. The molecule has 0 saturated heterocycles. The number of unbranched alkanes of at least 4 members (excludes halogenated alkanes) is 3. The molecule has 1 aromatic rings. The summed E-state index contributed by atoms with van der Waals surface area (Å²) in [6.45, 7) is 6.34. The molecular weight excluding hydrogens is 409 g/mol. The molecule has 0 heterocycles. The van der Waals surface area contributed by atoms with E-state index < -0.39 is 6.04 Å². The SMILES string of the molecule is CCCCCC[C@@H](C)/C=C(C)/C=C/C(=O)N[C@H](C=O)Cc1cc(Cl)c(O)c(Cl)c1. The largest absolute Gasteiger partial charge is 0.505 e. The Morgan fingerprint density at radius 2 is 1.83 bits per heavy atom. The van der Waals surface area contributed by atoms with Gasteiger partial charge in [-0.25, -0.2) is 0 Å². The van der Waals surface area contributed by atoms with Crippen LogP contribution in [0.2, 0.25) is 10.0 Å². The molecule has 1 amide bonds. The van der Waals surface area contributed by atoms with Gasteiger partial charge in [0.2, 0.25) is 5.91 Å². The van der Waals surface area contributed by atoms with Crippen LogP contribution in [0.5, 0.6) is 5.75 Å². The van der Waals surface area contributed by atoms with E-state index in [4.69, 9.17) is 23.2 Å². The zero-order valence-corrected chi connectivity index (χ0v) is 18.9. The molecule has 0 aromatic heterocycles. The lowest BCUT2D eigenvalue weighted by Gasteiger charge is -2.12. The van der Waals surface area contributed by atoms with Crippen LogP contribution in [0.3, 0.4) is 0 Å². The van der Waals surface area contributed by atoms with Crippen molar-refractivity contribution in [3.8, 4) is 5.75 Å². The first-order valence-electron chi connectivity index (χ1n) is 10.1. The van der Waals surface area contributed by atoms with Crippen molar-refractivity contribution in [3.63, 3.8) is 0 Å². The van der Waals surface area contributed by atoms with E-state index in [0.717, 1.165) is 12.0 Å². The number of rotatable bonds is 12. The van der Waals surface area contributed by atoms with Gasteiger partial charge in [-0.15, -0.1) is 0 Å². The Labute approximate surface area is 184 Å². The Hall–Kier alpha value is -1.78. The minimum Gasteiger partial charge on any atom is -0.505 e. The van der Waals surface area contributed by atoms with E-state index in [9.17, 15) is 14.7 Å². The lowest BCUT2D eigenvalue weighted by Crippen LogP contribution is -2.36. The summed E-state index contributed by atoms with van der Waals surface area (Å²) in [5, 5.41) is 12.5. The molecular formula is C23H31Cl2NO3. The van der Waals surface area contributed by atoms with E-state index >= 15 is 0 Å². The minimum absolute atomic E-state index is 0.105. The smallest absolute Gasteiger partial charge is 0.244 e. The molecule has 1 aromatic carbocycles. The summed E-state index contributed by atoms with van der Waals surface area (Å²) in [5.41, 5.74) is 1.66. The van der Waals surface area contributed by atoms with Crippen LogP contribution in [0, 0.1) is 5.92 Å². The van der Waals surface area contributed by atoms with Gasteiger partial charge < -0.3 is 15.2 Å². The zero-order valence-electron chi connectivity index (χ0n) is 17.4. The quantitative estimate of drug-likeness (QED) is 0.180. The summed E-state index contributed by atoms with van der Waals surface area (Å²) < 4.78 is 0. The van der Waals surface area contributed by atoms with Gasteiger partial charge >= 0.3 is 0 Å². The average molecular weight is 440 g/mol. The topological polar surface area (TPSA) is 66.4 Å². The first-order valence-corrected chi connectivity index (χ1v) is 10.8. The van der Waals surface area contributed by atoms with Gasteiger partial charge in [0.15, 0.2) is 5.75 Å². The van der Waals surface area contributed by atoms with Gasteiger partial charge in [-0.1, -0.05) is 80.5 Å². The molecule has 0 radical (unpaired) electrons. The summed E-state index contributed by atoms with van der Waals surface area (Å²) in [6.07, 6.45) is 12.4. The summed E-state index contributed by atoms with van der Waals surface area (Å²) in [7, 11) is 0. The number of aromatic hydroxyl groups is 1. The minimum atomic E-state index is -0.717. The highest BCUT2D eigenvalue weighted by molar-refractivity contribution is 6.37. The van der Waals surface area contributed by atoms with E-state index in [1.54, 1.807) is 6.08 Å². The van der Waals surface area contributed by atoms with Crippen LogP contribution in [0.15, 0.2) is 35.9 Å². The molecule has 0 aliphatic heterocycles. The molecule has 160 valence electrons. The van der Waals surface area contributed by atoms with Gasteiger partial charge in [-0.05, 0) is 43.4 Å². The van der Waals surface area contributed by atoms with E-state index in [1.165, 1.54) is 43.9 Å². The first kappa shape index (κ1) is 25.3. The van der Waals surface area contributed by atoms with Crippen molar-refractivity contribution < 1.29 is 14.7 Å². The lowest BCUT2D eigenvalue weighted by molar-refractivity contribution is -0.120. The molecule has 29 heavy (non-hydrogen) atoms. The number of aldehydes is 1. The van der Waals surface area contributed by atoms with E-state index in [2.05, 4.69) is 25.2 Å². The third-order valence-electron chi connectivity index (χ3n) is 4.58. The number of hydrogen-bond acceptors (Lipinski definition) is 3. The highest BCUT2D eigenvalue weighted by Gasteiger charge is 2.13. The molecule has 0 spiro atoms. The Bertz CT molecular complexity index is 721. The fourth-order valence-corrected chi connectivity index (χ4v) is 3.57. The molecule has 0 saturated carbocycles. The van der Waals surface area contributed by atoms with Gasteiger partial charge in [0, 0.05) is 6.08 Å². The maximum atomic E-state index is 12.1. The average Bonchev–Trinajstić information content (AvgIpc) is 2.67. The Kier molecular flexibility index (Phi) is 11.7. The number of halogens is 2. The monoisotopic (exact) mass is 439 g/mol. The second-order valence-electron chi connectivity index (χ2n) is 7.43. The summed E-state index contributed by atoms with van der Waals surface area (Å²) in [4.78, 5) is 23.5. The fraction of sp³-hybridized carbons (Fsp3) is 0.478. The normalized spacial score (nSPS) is 14.0. The fourth-order valence-electron chi connectivity index (χ4n) is 3.04. The van der Waals surface area contributed by atoms with Gasteiger partial charge in [0.05, 0.1) is 16.1 Å². The number of benzene rings is 1. The van der Waals surface area contributed by atoms with Crippen molar-refractivity contribution in [1.29, 1.82) is 0 Å². The number of amides is 1. The van der Waals surface area contributed by atoms with Gasteiger partial charge in [-0.2, -0.15) is 0 Å². The standard InChI is InChI=1S/C23H31Cl2NO3/c1-4-5-6-7-8-16(2)11-17(3)9-10-22(28)26-19(15-27)12-18-13-20(24)23(29)21(25)14-18/h9-11,13-16,19,29H,4-8,12H2,1-3H3,(H,26,28)/b10-9+,17-11+/t16-,19+/m1/s1. The van der Waals surface area contributed by atoms with E-state index in [0.29, 0.717) is 17.8 Å². The molecule has 0 aliphatic carbocycles. The lowest BCUT2D eigenvalue weighted by atomic mass is 10.00. The molecule has 0 bridgehead atoms. The number of hydrogen-bond donors (Lipinski definition) is 2. The van der Waals surface area contributed by atoms with Crippen LogP contribution in [0.1, 0.15) is 58.4 Å². The summed E-state index contributed by atoms with van der Waals surface area (Å²) >= 11 is 11.8. The number of phenolic OH excluding ortho intramolecular Hbond substituents is 1. The maximum absolute atomic E-state index is 12.1. The second-order valence-corrected chi connectivity index (χ2v) is 8.25. The number of allylic oxidation sites excluding steroid dienone is 3. The molecule has 2 N–H and O–H groups in total. The number of phenols is 1. The molecule has 2 atom stereocenters. The van der Waals surface area contributed by atoms with Crippen LogP contribution < -0.4 is 5.32 Å². The van der Waals surface area contributed by atoms with Crippen LogP contribution in [0.4, 0.5) is 0 Å². The van der Waals surface area contributed by atoms with Crippen molar-refractivity contribution in [3.05, 3.63) is 51.5 Å². The van der Waals surface area contributed by atoms with Crippen molar-refractivity contribution in [2.75, 3.05) is 0 Å². The Morgan fingerprint density at radius 1 is 1.17 bits per heavy atom. The van der Waals surface area contributed by atoms with Crippen LogP contribution in [0.25, 0.3) is 0 Å². The molecule has 0 fully saturated rings. The summed E-state index contributed by atoms with van der Waals surface area (Å²) in [5.74, 6) is -0.0822.